The van der Waals surface area contributed by atoms with Crippen LogP contribution in [0, 0.1) is 12.7 Å². The van der Waals surface area contributed by atoms with Gasteiger partial charge in [-0.3, -0.25) is 0 Å². The molecule has 0 spiro atoms. The van der Waals surface area contributed by atoms with E-state index in [1.54, 1.807) is 12.1 Å². The number of nitrogens with zero attached hydrogens (tertiary/aromatic N) is 1. The van der Waals surface area contributed by atoms with Gasteiger partial charge in [0.15, 0.2) is 0 Å². The van der Waals surface area contributed by atoms with Crippen molar-refractivity contribution in [3.63, 3.8) is 0 Å². The highest BCUT2D eigenvalue weighted by Crippen LogP contribution is 2.39. The molecule has 1 N–H and O–H groups in total. The zero-order chi connectivity index (χ0) is 14.1. The first-order valence-corrected chi connectivity index (χ1v) is 7.57. The number of benzene rings is 1. The Morgan fingerprint density at radius 3 is 2.65 bits per heavy atom. The number of hydrogen-bond acceptors (Lipinski definition) is 2. The van der Waals surface area contributed by atoms with Gasteiger partial charge in [-0.15, -0.1) is 0 Å². The highest BCUT2D eigenvalue weighted by Gasteiger charge is 2.32. The highest BCUT2D eigenvalue weighted by molar-refractivity contribution is 9.10. The van der Waals surface area contributed by atoms with Crippen molar-refractivity contribution >= 4 is 21.6 Å². The van der Waals surface area contributed by atoms with Gasteiger partial charge in [0.05, 0.1) is 11.4 Å². The van der Waals surface area contributed by atoms with Gasteiger partial charge in [-0.05, 0) is 65.4 Å². The van der Waals surface area contributed by atoms with Crippen molar-refractivity contribution in [3.05, 3.63) is 58.1 Å². The van der Waals surface area contributed by atoms with Gasteiger partial charge < -0.3 is 5.32 Å². The molecule has 1 heterocycles. The van der Waals surface area contributed by atoms with Gasteiger partial charge in [0.1, 0.15) is 10.4 Å². The molecule has 2 nitrogen and oxygen atoms in total. The van der Waals surface area contributed by atoms with E-state index in [1.807, 2.05) is 31.2 Å². The first kappa shape index (κ1) is 13.6. The topological polar surface area (TPSA) is 24.9 Å². The van der Waals surface area contributed by atoms with Crippen LogP contribution < -0.4 is 5.32 Å². The SMILES string of the molecule is Cc1nc(Br)ccc1NC1CC(c2ccccc2F)C1. The molecule has 0 aliphatic heterocycles. The summed E-state index contributed by atoms with van der Waals surface area (Å²) in [5.74, 6) is 0.245. The fraction of sp³-hybridized carbons (Fsp3) is 0.312. The van der Waals surface area contributed by atoms with Crippen molar-refractivity contribution in [2.45, 2.75) is 31.7 Å². The molecule has 0 radical (unpaired) electrons. The van der Waals surface area contributed by atoms with Gasteiger partial charge in [0, 0.05) is 6.04 Å². The zero-order valence-electron chi connectivity index (χ0n) is 11.2. The average Bonchev–Trinajstić information content (AvgIpc) is 2.37. The summed E-state index contributed by atoms with van der Waals surface area (Å²) in [6.45, 7) is 1.99. The third kappa shape index (κ3) is 2.70. The minimum atomic E-state index is -0.0857. The standard InChI is InChI=1S/C16H16BrFN2/c1-10-15(6-7-16(17)19-10)20-12-8-11(9-12)13-4-2-3-5-14(13)18/h2-7,11-12,20H,8-9H2,1H3. The summed E-state index contributed by atoms with van der Waals surface area (Å²) in [5.41, 5.74) is 2.88. The second kappa shape index (κ2) is 5.52. The Bertz CT molecular complexity index is 624. The van der Waals surface area contributed by atoms with Crippen LogP contribution in [-0.2, 0) is 0 Å². The normalized spacial score (nSPS) is 21.4. The Morgan fingerprint density at radius 1 is 1.20 bits per heavy atom. The van der Waals surface area contributed by atoms with Crippen molar-refractivity contribution in [2.24, 2.45) is 0 Å². The number of anilines is 1. The van der Waals surface area contributed by atoms with Crippen molar-refractivity contribution < 1.29 is 4.39 Å². The van der Waals surface area contributed by atoms with E-state index in [0.29, 0.717) is 12.0 Å². The zero-order valence-corrected chi connectivity index (χ0v) is 12.8. The van der Waals surface area contributed by atoms with Gasteiger partial charge in [-0.25, -0.2) is 9.37 Å². The molecule has 1 fully saturated rings. The maximum atomic E-state index is 13.7. The minimum absolute atomic E-state index is 0.0857. The molecule has 0 saturated heterocycles. The van der Waals surface area contributed by atoms with E-state index in [0.717, 1.165) is 34.4 Å². The Labute approximate surface area is 126 Å². The van der Waals surface area contributed by atoms with Crippen molar-refractivity contribution in [2.75, 3.05) is 5.32 Å². The second-order valence-corrected chi connectivity index (χ2v) is 6.11. The van der Waals surface area contributed by atoms with E-state index in [1.165, 1.54) is 0 Å². The maximum Gasteiger partial charge on any atom is 0.126 e. The number of halogens is 2. The molecule has 4 heteroatoms. The van der Waals surface area contributed by atoms with E-state index < -0.39 is 0 Å². The summed E-state index contributed by atoms with van der Waals surface area (Å²) in [7, 11) is 0. The van der Waals surface area contributed by atoms with Crippen molar-refractivity contribution in [1.82, 2.24) is 4.98 Å². The van der Waals surface area contributed by atoms with E-state index in [9.17, 15) is 4.39 Å². The Morgan fingerprint density at radius 2 is 1.95 bits per heavy atom. The lowest BCUT2D eigenvalue weighted by atomic mass is 9.75. The van der Waals surface area contributed by atoms with Crippen LogP contribution in [0.5, 0.6) is 0 Å². The third-order valence-electron chi connectivity index (χ3n) is 3.89. The van der Waals surface area contributed by atoms with Crippen LogP contribution in [0.15, 0.2) is 41.0 Å². The minimum Gasteiger partial charge on any atom is -0.381 e. The third-order valence-corrected chi connectivity index (χ3v) is 4.34. The highest BCUT2D eigenvalue weighted by atomic mass is 79.9. The number of hydrogen-bond donors (Lipinski definition) is 1. The molecule has 3 rings (SSSR count). The van der Waals surface area contributed by atoms with Crippen LogP contribution in [0.3, 0.4) is 0 Å². The molecule has 2 aromatic rings. The summed E-state index contributed by atoms with van der Waals surface area (Å²) in [5, 5.41) is 3.49. The van der Waals surface area contributed by atoms with E-state index >= 15 is 0 Å². The van der Waals surface area contributed by atoms with E-state index in [2.05, 4.69) is 26.2 Å². The van der Waals surface area contributed by atoms with Crippen LogP contribution in [-0.4, -0.2) is 11.0 Å². The van der Waals surface area contributed by atoms with Gasteiger partial charge in [-0.2, -0.15) is 0 Å². The first-order valence-electron chi connectivity index (χ1n) is 6.77. The first-order chi connectivity index (χ1) is 9.63. The average molecular weight is 335 g/mol. The van der Waals surface area contributed by atoms with Crippen molar-refractivity contribution in [1.29, 1.82) is 0 Å². The quantitative estimate of drug-likeness (QED) is 0.826. The Balaban J connectivity index is 1.62. The summed E-state index contributed by atoms with van der Waals surface area (Å²) >= 11 is 3.36. The van der Waals surface area contributed by atoms with Crippen molar-refractivity contribution in [3.8, 4) is 0 Å². The molecule has 1 saturated carbocycles. The van der Waals surface area contributed by atoms with E-state index in [-0.39, 0.29) is 5.82 Å². The maximum absolute atomic E-state index is 13.7. The fourth-order valence-corrected chi connectivity index (χ4v) is 3.10. The molecular formula is C16H16BrFN2. The van der Waals surface area contributed by atoms with Crippen LogP contribution in [0.4, 0.5) is 10.1 Å². The lowest BCUT2D eigenvalue weighted by Crippen LogP contribution is -2.34. The number of pyridine rings is 1. The van der Waals surface area contributed by atoms with Crippen LogP contribution in [0.1, 0.15) is 30.0 Å². The number of nitrogens with one attached hydrogen (secondary N) is 1. The monoisotopic (exact) mass is 334 g/mol. The summed E-state index contributed by atoms with van der Waals surface area (Å²) in [6, 6.07) is 11.4. The van der Waals surface area contributed by atoms with E-state index in [4.69, 9.17) is 0 Å². The van der Waals surface area contributed by atoms with Gasteiger partial charge in [0.2, 0.25) is 0 Å². The van der Waals surface area contributed by atoms with Gasteiger partial charge in [-0.1, -0.05) is 18.2 Å². The molecule has 1 aliphatic carbocycles. The van der Waals surface area contributed by atoms with Gasteiger partial charge in [0.25, 0.3) is 0 Å². The molecule has 0 atom stereocenters. The summed E-state index contributed by atoms with van der Waals surface area (Å²) < 4.78 is 14.5. The number of aromatic nitrogens is 1. The summed E-state index contributed by atoms with van der Waals surface area (Å²) in [4.78, 5) is 4.37. The van der Waals surface area contributed by atoms with Crippen LogP contribution in [0.25, 0.3) is 0 Å². The predicted molar refractivity (Wildman–Crippen MR) is 82.5 cm³/mol. The fourth-order valence-electron chi connectivity index (χ4n) is 2.70. The number of aryl methyl sites for hydroxylation is 1. The molecule has 0 amide bonds. The molecule has 0 bridgehead atoms. The molecule has 0 unspecified atom stereocenters. The molecule has 1 aromatic carbocycles. The van der Waals surface area contributed by atoms with Crippen LogP contribution in [0.2, 0.25) is 0 Å². The largest absolute Gasteiger partial charge is 0.381 e. The molecular weight excluding hydrogens is 319 g/mol. The molecule has 104 valence electrons. The Hall–Kier alpha value is -1.42. The lowest BCUT2D eigenvalue weighted by molar-refractivity contribution is 0.363. The number of rotatable bonds is 3. The second-order valence-electron chi connectivity index (χ2n) is 5.30. The lowest BCUT2D eigenvalue weighted by Gasteiger charge is -2.37. The van der Waals surface area contributed by atoms with Gasteiger partial charge >= 0.3 is 0 Å². The Kier molecular flexibility index (Phi) is 3.74. The molecule has 20 heavy (non-hydrogen) atoms. The summed E-state index contributed by atoms with van der Waals surface area (Å²) in [6.07, 6.45) is 1.94. The molecule has 1 aliphatic rings. The predicted octanol–water partition coefficient (Wildman–Crippen LogP) is 4.65. The van der Waals surface area contributed by atoms with Crippen LogP contribution >= 0.6 is 15.9 Å². The molecule has 1 aromatic heterocycles. The smallest absolute Gasteiger partial charge is 0.126 e.